The molecule has 1 aliphatic rings. The molecule has 1 aromatic carbocycles. The van der Waals surface area contributed by atoms with E-state index in [1.54, 1.807) is 7.11 Å². The highest BCUT2D eigenvalue weighted by Crippen LogP contribution is 2.49. The number of nitrogens with two attached hydrogens (primary N) is 1. The number of methoxy groups -OCH3 is 1. The molecular weight excluding hydrogens is 377 g/mol. The second-order valence-electron chi connectivity index (χ2n) is 5.80. The third kappa shape index (κ3) is 4.85. The van der Waals surface area contributed by atoms with Crippen molar-refractivity contribution < 1.29 is 4.74 Å². The predicted molar refractivity (Wildman–Crippen MR) is 98.5 cm³/mol. The first-order valence-corrected chi connectivity index (χ1v) is 7.19. The second-order valence-corrected chi connectivity index (χ2v) is 5.80. The van der Waals surface area contributed by atoms with Crippen LogP contribution in [0.2, 0.25) is 0 Å². The molecule has 0 bridgehead atoms. The maximum Gasteiger partial charge on any atom is 0.188 e. The van der Waals surface area contributed by atoms with Gasteiger partial charge in [-0.25, -0.2) is 0 Å². The van der Waals surface area contributed by atoms with Crippen molar-refractivity contribution in [3.63, 3.8) is 0 Å². The normalized spacial score (nSPS) is 17.8. The molecule has 1 aromatic rings. The molecule has 1 saturated carbocycles. The largest absolute Gasteiger partial charge is 0.383 e. The van der Waals surface area contributed by atoms with Crippen LogP contribution >= 0.6 is 24.0 Å². The third-order valence-corrected chi connectivity index (χ3v) is 3.93. The molecule has 0 aliphatic heterocycles. The summed E-state index contributed by atoms with van der Waals surface area (Å²) in [5.74, 6) is 0.509. The molecule has 0 radical (unpaired) electrons. The summed E-state index contributed by atoms with van der Waals surface area (Å²) in [4.78, 5) is 4.53. The van der Waals surface area contributed by atoms with Crippen molar-refractivity contribution >= 4 is 29.9 Å². The Bertz CT molecular complexity index is 486. The lowest BCUT2D eigenvalue weighted by molar-refractivity contribution is 0.179. The fraction of sp³-hybridized carbons (Fsp3) is 0.562. The van der Waals surface area contributed by atoms with Gasteiger partial charge in [-0.3, -0.25) is 4.99 Å². The Hall–Kier alpha value is -0.820. The van der Waals surface area contributed by atoms with Crippen LogP contribution in [0.3, 0.4) is 0 Å². The molecule has 5 heteroatoms. The van der Waals surface area contributed by atoms with Gasteiger partial charge in [0.25, 0.3) is 0 Å². The van der Waals surface area contributed by atoms with Gasteiger partial charge in [0.2, 0.25) is 0 Å². The third-order valence-electron chi connectivity index (χ3n) is 3.93. The molecule has 4 nitrogen and oxygen atoms in total. The maximum atomic E-state index is 5.94. The SMILES string of the molecule is COCC(C)NC(N)=NCC1(c2ccccc2C)CC1.I. The number of aryl methyl sites for hydroxylation is 1. The number of aliphatic imine (C=N–C) groups is 1. The van der Waals surface area contributed by atoms with E-state index >= 15 is 0 Å². The van der Waals surface area contributed by atoms with Crippen molar-refractivity contribution in [1.82, 2.24) is 5.32 Å². The highest BCUT2D eigenvalue weighted by atomic mass is 127. The highest BCUT2D eigenvalue weighted by Gasteiger charge is 2.44. The summed E-state index contributed by atoms with van der Waals surface area (Å²) in [6.45, 7) is 5.58. The van der Waals surface area contributed by atoms with E-state index in [-0.39, 0.29) is 35.4 Å². The lowest BCUT2D eigenvalue weighted by Crippen LogP contribution is -2.41. The molecule has 1 aliphatic carbocycles. The first-order valence-electron chi connectivity index (χ1n) is 7.19. The monoisotopic (exact) mass is 403 g/mol. The standard InChI is InChI=1S/C16H25N3O.HI/c1-12-6-4-5-7-14(12)16(8-9-16)11-18-15(17)19-13(2)10-20-3;/h4-7,13H,8-11H2,1-3H3,(H3,17,18,19);1H. The summed E-state index contributed by atoms with van der Waals surface area (Å²) in [5, 5.41) is 3.15. The Balaban J connectivity index is 0.00000220. The first kappa shape index (κ1) is 18.2. The van der Waals surface area contributed by atoms with Gasteiger partial charge in [0, 0.05) is 18.6 Å². The van der Waals surface area contributed by atoms with Crippen LogP contribution in [0, 0.1) is 6.92 Å². The molecular formula is C16H26IN3O. The minimum atomic E-state index is 0. The van der Waals surface area contributed by atoms with Gasteiger partial charge < -0.3 is 15.8 Å². The number of halogens is 1. The van der Waals surface area contributed by atoms with Crippen molar-refractivity contribution in [2.45, 2.75) is 38.1 Å². The summed E-state index contributed by atoms with van der Waals surface area (Å²) in [5.41, 5.74) is 8.91. The van der Waals surface area contributed by atoms with Gasteiger partial charge in [-0.05, 0) is 37.8 Å². The Morgan fingerprint density at radius 1 is 1.43 bits per heavy atom. The molecule has 118 valence electrons. The number of rotatable bonds is 6. The molecule has 3 N–H and O–H groups in total. The zero-order valence-electron chi connectivity index (χ0n) is 13.1. The van der Waals surface area contributed by atoms with Crippen LogP contribution in [-0.2, 0) is 10.2 Å². The minimum Gasteiger partial charge on any atom is -0.383 e. The van der Waals surface area contributed by atoms with Crippen molar-refractivity contribution in [2.75, 3.05) is 20.3 Å². The van der Waals surface area contributed by atoms with Crippen molar-refractivity contribution in [1.29, 1.82) is 0 Å². The van der Waals surface area contributed by atoms with Crippen LogP contribution in [0.4, 0.5) is 0 Å². The lowest BCUT2D eigenvalue weighted by atomic mass is 9.92. The van der Waals surface area contributed by atoms with Crippen molar-refractivity contribution in [3.8, 4) is 0 Å². The van der Waals surface area contributed by atoms with E-state index in [4.69, 9.17) is 10.5 Å². The van der Waals surface area contributed by atoms with Gasteiger partial charge in [0.05, 0.1) is 13.2 Å². The number of hydrogen-bond donors (Lipinski definition) is 2. The van der Waals surface area contributed by atoms with Crippen LogP contribution in [0.1, 0.15) is 30.9 Å². The molecule has 21 heavy (non-hydrogen) atoms. The molecule has 1 unspecified atom stereocenters. The molecule has 1 atom stereocenters. The predicted octanol–water partition coefficient (Wildman–Crippen LogP) is 2.58. The number of ether oxygens (including phenoxy) is 1. The van der Waals surface area contributed by atoms with Crippen LogP contribution in [-0.4, -0.2) is 32.3 Å². The van der Waals surface area contributed by atoms with E-state index in [1.807, 2.05) is 6.92 Å². The minimum absolute atomic E-state index is 0. The lowest BCUT2D eigenvalue weighted by Gasteiger charge is -2.17. The number of hydrogen-bond acceptors (Lipinski definition) is 2. The summed E-state index contributed by atoms with van der Waals surface area (Å²) in [7, 11) is 1.68. The molecule has 0 spiro atoms. The second kappa shape index (κ2) is 7.98. The zero-order chi connectivity index (χ0) is 14.6. The zero-order valence-corrected chi connectivity index (χ0v) is 15.4. The quantitative estimate of drug-likeness (QED) is 0.436. The van der Waals surface area contributed by atoms with Crippen molar-refractivity contribution in [2.24, 2.45) is 10.7 Å². The van der Waals surface area contributed by atoms with Gasteiger partial charge in [-0.1, -0.05) is 24.3 Å². The topological polar surface area (TPSA) is 59.6 Å². The molecule has 1 fully saturated rings. The number of guanidine groups is 1. The summed E-state index contributed by atoms with van der Waals surface area (Å²) < 4.78 is 5.07. The van der Waals surface area contributed by atoms with E-state index in [1.165, 1.54) is 24.0 Å². The maximum absolute atomic E-state index is 5.94. The average molecular weight is 403 g/mol. The Labute approximate surface area is 144 Å². The smallest absolute Gasteiger partial charge is 0.188 e. The van der Waals surface area contributed by atoms with E-state index in [0.29, 0.717) is 12.6 Å². The molecule has 0 aromatic heterocycles. The van der Waals surface area contributed by atoms with Crippen molar-refractivity contribution in [3.05, 3.63) is 35.4 Å². The Morgan fingerprint density at radius 2 is 2.10 bits per heavy atom. The van der Waals surface area contributed by atoms with Crippen LogP contribution in [0.15, 0.2) is 29.3 Å². The van der Waals surface area contributed by atoms with Gasteiger partial charge in [-0.2, -0.15) is 0 Å². The summed E-state index contributed by atoms with van der Waals surface area (Å²) in [6, 6.07) is 8.75. The number of benzene rings is 1. The average Bonchev–Trinajstić information content (AvgIpc) is 3.18. The van der Waals surface area contributed by atoms with E-state index in [9.17, 15) is 0 Å². The molecule has 0 heterocycles. The van der Waals surface area contributed by atoms with E-state index in [2.05, 4.69) is 41.5 Å². The molecule has 0 saturated heterocycles. The van der Waals surface area contributed by atoms with E-state index < -0.39 is 0 Å². The fourth-order valence-electron chi connectivity index (χ4n) is 2.66. The Morgan fingerprint density at radius 3 is 2.67 bits per heavy atom. The molecule has 0 amide bonds. The van der Waals surface area contributed by atoms with Crippen LogP contribution < -0.4 is 11.1 Å². The van der Waals surface area contributed by atoms with Gasteiger partial charge in [0.15, 0.2) is 5.96 Å². The van der Waals surface area contributed by atoms with E-state index in [0.717, 1.165) is 6.54 Å². The van der Waals surface area contributed by atoms with Crippen LogP contribution in [0.5, 0.6) is 0 Å². The van der Waals surface area contributed by atoms with Gasteiger partial charge >= 0.3 is 0 Å². The van der Waals surface area contributed by atoms with Gasteiger partial charge in [-0.15, -0.1) is 24.0 Å². The van der Waals surface area contributed by atoms with Crippen LogP contribution in [0.25, 0.3) is 0 Å². The Kier molecular flexibility index (Phi) is 6.93. The van der Waals surface area contributed by atoms with Gasteiger partial charge in [0.1, 0.15) is 0 Å². The summed E-state index contributed by atoms with van der Waals surface area (Å²) >= 11 is 0. The highest BCUT2D eigenvalue weighted by molar-refractivity contribution is 14.0. The number of nitrogens with zero attached hydrogens (tertiary/aromatic N) is 1. The first-order chi connectivity index (χ1) is 9.57. The fourth-order valence-corrected chi connectivity index (χ4v) is 2.66. The summed E-state index contributed by atoms with van der Waals surface area (Å²) in [6.07, 6.45) is 2.39. The molecule has 2 rings (SSSR count). The number of nitrogens with one attached hydrogen (secondary N) is 1.